The van der Waals surface area contributed by atoms with Gasteiger partial charge in [0, 0.05) is 24.2 Å². The summed E-state index contributed by atoms with van der Waals surface area (Å²) in [7, 11) is 0. The average Bonchev–Trinajstić information content (AvgIpc) is 2.77. The summed E-state index contributed by atoms with van der Waals surface area (Å²) in [6, 6.07) is 7.50. The molecule has 0 unspecified atom stereocenters. The first-order valence-corrected chi connectivity index (χ1v) is 5.78. The number of aromatic nitrogens is 2. The Morgan fingerprint density at radius 2 is 2.06 bits per heavy atom. The molecule has 0 N–H and O–H groups in total. The van der Waals surface area contributed by atoms with Crippen molar-refractivity contribution in [2.45, 2.75) is 26.4 Å². The van der Waals surface area contributed by atoms with Crippen molar-refractivity contribution in [1.82, 2.24) is 9.55 Å². The van der Waals surface area contributed by atoms with E-state index in [2.05, 4.69) is 4.98 Å². The lowest BCUT2D eigenvalue weighted by Gasteiger charge is -2.19. The Kier molecular flexibility index (Phi) is 3.19. The second kappa shape index (κ2) is 4.64. The van der Waals surface area contributed by atoms with Crippen LogP contribution in [0.25, 0.3) is 11.3 Å². The van der Waals surface area contributed by atoms with E-state index in [9.17, 15) is 4.79 Å². The van der Waals surface area contributed by atoms with Crippen LogP contribution >= 0.6 is 0 Å². The summed E-state index contributed by atoms with van der Waals surface area (Å²) < 4.78 is 6.70. The van der Waals surface area contributed by atoms with Crippen LogP contribution in [0.2, 0.25) is 0 Å². The summed E-state index contributed by atoms with van der Waals surface area (Å²) in [6.45, 7) is 5.52. The van der Waals surface area contributed by atoms with Crippen LogP contribution in [-0.4, -0.2) is 21.2 Å². The first-order chi connectivity index (χ1) is 8.46. The van der Waals surface area contributed by atoms with Gasteiger partial charge in [0.1, 0.15) is 5.60 Å². The zero-order chi connectivity index (χ0) is 13.2. The van der Waals surface area contributed by atoms with Gasteiger partial charge in [-0.25, -0.2) is 4.79 Å². The van der Waals surface area contributed by atoms with E-state index in [0.29, 0.717) is 0 Å². The van der Waals surface area contributed by atoms with E-state index in [1.54, 1.807) is 18.6 Å². The maximum Gasteiger partial charge on any atom is 0.418 e. The molecule has 0 spiro atoms. The molecule has 0 aliphatic carbocycles. The maximum atomic E-state index is 11.8. The molecular weight excluding hydrogens is 228 g/mol. The fourth-order valence-electron chi connectivity index (χ4n) is 1.51. The molecule has 0 saturated heterocycles. The molecule has 0 saturated carbocycles. The largest absolute Gasteiger partial charge is 0.443 e. The molecule has 18 heavy (non-hydrogen) atoms. The van der Waals surface area contributed by atoms with E-state index in [1.807, 2.05) is 45.0 Å². The number of carbonyl (C=O) groups is 1. The highest BCUT2D eigenvalue weighted by molar-refractivity contribution is 5.73. The van der Waals surface area contributed by atoms with Gasteiger partial charge in [-0.2, -0.15) is 0 Å². The minimum absolute atomic E-state index is 0.385. The third kappa shape index (κ3) is 2.97. The molecule has 2 heterocycles. The van der Waals surface area contributed by atoms with Gasteiger partial charge in [0.2, 0.25) is 0 Å². The van der Waals surface area contributed by atoms with Crippen molar-refractivity contribution in [3.63, 3.8) is 0 Å². The smallest absolute Gasteiger partial charge is 0.418 e. The van der Waals surface area contributed by atoms with Crippen LogP contribution < -0.4 is 0 Å². The van der Waals surface area contributed by atoms with E-state index in [0.717, 1.165) is 11.3 Å². The fraction of sp³-hybridized carbons (Fsp3) is 0.286. The Bertz CT molecular complexity index is 538. The molecule has 0 aliphatic heterocycles. The van der Waals surface area contributed by atoms with Gasteiger partial charge in [-0.3, -0.25) is 9.55 Å². The molecule has 4 heteroatoms. The molecular formula is C14H16N2O2. The summed E-state index contributed by atoms with van der Waals surface area (Å²) in [6.07, 6.45) is 4.74. The lowest BCUT2D eigenvalue weighted by Crippen LogP contribution is -2.26. The van der Waals surface area contributed by atoms with Crippen LogP contribution in [0.5, 0.6) is 0 Å². The minimum Gasteiger partial charge on any atom is -0.443 e. The van der Waals surface area contributed by atoms with Crippen molar-refractivity contribution in [3.8, 4) is 11.3 Å². The molecule has 0 bridgehead atoms. The third-order valence-electron chi connectivity index (χ3n) is 2.26. The Morgan fingerprint density at radius 1 is 1.28 bits per heavy atom. The van der Waals surface area contributed by atoms with Gasteiger partial charge in [-0.05, 0) is 39.0 Å². The monoisotopic (exact) mass is 244 g/mol. The van der Waals surface area contributed by atoms with Crippen LogP contribution in [0.15, 0.2) is 42.9 Å². The van der Waals surface area contributed by atoms with Gasteiger partial charge < -0.3 is 4.74 Å². The molecule has 0 fully saturated rings. The highest BCUT2D eigenvalue weighted by Gasteiger charge is 2.17. The summed E-state index contributed by atoms with van der Waals surface area (Å²) >= 11 is 0. The van der Waals surface area contributed by atoms with Gasteiger partial charge in [-0.1, -0.05) is 6.07 Å². The predicted octanol–water partition coefficient (Wildman–Crippen LogP) is 3.33. The van der Waals surface area contributed by atoms with Crippen LogP contribution in [0.1, 0.15) is 20.8 Å². The molecule has 0 amide bonds. The Hall–Kier alpha value is -2.10. The zero-order valence-corrected chi connectivity index (χ0v) is 10.8. The second-order valence-electron chi connectivity index (χ2n) is 5.00. The number of pyridine rings is 1. The standard InChI is InChI=1S/C14H16N2O2/c1-14(2,3)18-13(17)16-9-7-11(10-16)12-6-4-5-8-15-12/h4-10H,1-3H3. The first kappa shape index (κ1) is 12.4. The summed E-state index contributed by atoms with van der Waals surface area (Å²) in [5.41, 5.74) is 1.23. The first-order valence-electron chi connectivity index (χ1n) is 5.78. The molecule has 4 nitrogen and oxygen atoms in total. The highest BCUT2D eigenvalue weighted by atomic mass is 16.6. The van der Waals surface area contributed by atoms with Crippen LogP contribution in [-0.2, 0) is 4.74 Å². The molecule has 94 valence electrons. The number of nitrogens with zero attached hydrogens (tertiary/aromatic N) is 2. The van der Waals surface area contributed by atoms with Gasteiger partial charge in [0.25, 0.3) is 0 Å². The fourth-order valence-corrected chi connectivity index (χ4v) is 1.51. The maximum absolute atomic E-state index is 11.8. The van der Waals surface area contributed by atoms with Crippen LogP contribution in [0.3, 0.4) is 0 Å². The predicted molar refractivity (Wildman–Crippen MR) is 69.3 cm³/mol. The Labute approximate surface area is 106 Å². The minimum atomic E-state index is -0.494. The quantitative estimate of drug-likeness (QED) is 0.772. The number of ether oxygens (including phenoxy) is 1. The van der Waals surface area contributed by atoms with Crippen molar-refractivity contribution in [3.05, 3.63) is 42.9 Å². The topological polar surface area (TPSA) is 44.1 Å². The molecule has 0 aliphatic rings. The summed E-state index contributed by atoms with van der Waals surface area (Å²) in [4.78, 5) is 16.1. The van der Waals surface area contributed by atoms with Crippen molar-refractivity contribution in [2.24, 2.45) is 0 Å². The normalized spacial score (nSPS) is 11.3. The molecule has 0 atom stereocenters. The van der Waals surface area contributed by atoms with Gasteiger partial charge in [0.15, 0.2) is 0 Å². The zero-order valence-electron chi connectivity index (χ0n) is 10.8. The highest BCUT2D eigenvalue weighted by Crippen LogP contribution is 2.17. The van der Waals surface area contributed by atoms with E-state index in [-0.39, 0.29) is 6.09 Å². The van der Waals surface area contributed by atoms with Gasteiger partial charge >= 0.3 is 6.09 Å². The number of rotatable bonds is 1. The second-order valence-corrected chi connectivity index (χ2v) is 5.00. The van der Waals surface area contributed by atoms with E-state index < -0.39 is 5.60 Å². The molecule has 0 radical (unpaired) electrons. The van der Waals surface area contributed by atoms with Crippen molar-refractivity contribution < 1.29 is 9.53 Å². The Morgan fingerprint density at radius 3 is 2.67 bits per heavy atom. The average molecular weight is 244 g/mol. The SMILES string of the molecule is CC(C)(C)OC(=O)n1ccc(-c2ccccn2)c1. The molecule has 2 aromatic rings. The summed E-state index contributed by atoms with van der Waals surface area (Å²) in [5, 5.41) is 0. The molecule has 2 aromatic heterocycles. The number of carbonyl (C=O) groups excluding carboxylic acids is 1. The van der Waals surface area contributed by atoms with Crippen LogP contribution in [0.4, 0.5) is 4.79 Å². The van der Waals surface area contributed by atoms with Crippen molar-refractivity contribution in [1.29, 1.82) is 0 Å². The van der Waals surface area contributed by atoms with Gasteiger partial charge in [-0.15, -0.1) is 0 Å². The lowest BCUT2D eigenvalue weighted by molar-refractivity contribution is 0.0537. The molecule has 0 aromatic carbocycles. The third-order valence-corrected chi connectivity index (χ3v) is 2.26. The number of hydrogen-bond donors (Lipinski definition) is 0. The van der Waals surface area contributed by atoms with Crippen molar-refractivity contribution in [2.75, 3.05) is 0 Å². The van der Waals surface area contributed by atoms with E-state index >= 15 is 0 Å². The van der Waals surface area contributed by atoms with Crippen LogP contribution in [0, 0.1) is 0 Å². The Balaban J connectivity index is 2.19. The van der Waals surface area contributed by atoms with Gasteiger partial charge in [0.05, 0.1) is 5.69 Å². The number of hydrogen-bond acceptors (Lipinski definition) is 3. The molecule has 2 rings (SSSR count). The summed E-state index contributed by atoms with van der Waals surface area (Å²) in [5.74, 6) is 0. The van der Waals surface area contributed by atoms with E-state index in [4.69, 9.17) is 4.74 Å². The lowest BCUT2D eigenvalue weighted by atomic mass is 10.2. The van der Waals surface area contributed by atoms with E-state index in [1.165, 1.54) is 4.57 Å². The van der Waals surface area contributed by atoms with Crippen molar-refractivity contribution >= 4 is 6.09 Å².